The fourth-order valence-corrected chi connectivity index (χ4v) is 2.39. The molecule has 0 spiro atoms. The summed E-state index contributed by atoms with van der Waals surface area (Å²) in [6.07, 6.45) is 0. The van der Waals surface area contributed by atoms with Gasteiger partial charge in [0.1, 0.15) is 11.5 Å². The van der Waals surface area contributed by atoms with Crippen molar-refractivity contribution in [2.45, 2.75) is 0 Å². The van der Waals surface area contributed by atoms with Crippen LogP contribution in [-0.2, 0) is 0 Å². The number of methoxy groups -OCH3 is 2. The standard InChI is InChI=1S/C18H17N3O3/c1-23-13-7-3-11(4-8-13)15-16(21-18(22)17(19)20-15)12-5-9-14(24-2)10-6-12/h3-10H,1-2H3,(H2,19,20)(H,21,22). The molecule has 0 radical (unpaired) electrons. The predicted octanol–water partition coefficient (Wildman–Crippen LogP) is 2.70. The molecular formula is C18H17N3O3. The molecule has 2 aromatic carbocycles. The minimum atomic E-state index is -0.418. The van der Waals surface area contributed by atoms with Crippen LogP contribution in [0.4, 0.5) is 5.82 Å². The number of nitrogens with two attached hydrogens (primary N) is 1. The Balaban J connectivity index is 2.16. The Kier molecular flexibility index (Phi) is 4.20. The van der Waals surface area contributed by atoms with Gasteiger partial charge in [0.2, 0.25) is 0 Å². The summed E-state index contributed by atoms with van der Waals surface area (Å²) in [6, 6.07) is 14.7. The van der Waals surface area contributed by atoms with Gasteiger partial charge in [-0.2, -0.15) is 0 Å². The molecule has 0 fully saturated rings. The first-order valence-corrected chi connectivity index (χ1v) is 7.31. The normalized spacial score (nSPS) is 10.4. The molecule has 0 atom stereocenters. The van der Waals surface area contributed by atoms with Crippen molar-refractivity contribution in [3.05, 3.63) is 58.9 Å². The van der Waals surface area contributed by atoms with Gasteiger partial charge in [0.15, 0.2) is 5.82 Å². The quantitative estimate of drug-likeness (QED) is 0.770. The third-order valence-corrected chi connectivity index (χ3v) is 3.68. The number of hydrogen-bond donors (Lipinski definition) is 2. The van der Waals surface area contributed by atoms with Gasteiger partial charge >= 0.3 is 0 Å². The van der Waals surface area contributed by atoms with Gasteiger partial charge in [-0.25, -0.2) is 4.98 Å². The number of nitrogens with one attached hydrogen (secondary N) is 1. The molecule has 1 heterocycles. The fraction of sp³-hybridized carbons (Fsp3) is 0.111. The maximum Gasteiger partial charge on any atom is 0.290 e. The lowest BCUT2D eigenvalue weighted by atomic mass is 10.0. The second-order valence-corrected chi connectivity index (χ2v) is 5.13. The second kappa shape index (κ2) is 6.45. The minimum Gasteiger partial charge on any atom is -0.497 e. The van der Waals surface area contributed by atoms with Gasteiger partial charge in [-0.15, -0.1) is 0 Å². The van der Waals surface area contributed by atoms with E-state index in [1.807, 2.05) is 48.5 Å². The minimum absolute atomic E-state index is 0.0712. The molecule has 0 aliphatic rings. The first-order chi connectivity index (χ1) is 11.6. The van der Waals surface area contributed by atoms with Gasteiger partial charge in [0.05, 0.1) is 25.6 Å². The second-order valence-electron chi connectivity index (χ2n) is 5.13. The van der Waals surface area contributed by atoms with E-state index >= 15 is 0 Å². The molecule has 122 valence electrons. The van der Waals surface area contributed by atoms with E-state index in [1.165, 1.54) is 0 Å². The lowest BCUT2D eigenvalue weighted by molar-refractivity contribution is 0.414. The van der Waals surface area contributed by atoms with Crippen LogP contribution in [0.1, 0.15) is 0 Å². The topological polar surface area (TPSA) is 90.2 Å². The molecule has 1 aromatic heterocycles. The SMILES string of the molecule is COc1ccc(-c2nc(N)c(=O)[nH]c2-c2ccc(OC)cc2)cc1. The highest BCUT2D eigenvalue weighted by molar-refractivity contribution is 5.79. The molecule has 0 aliphatic heterocycles. The number of nitrogen functional groups attached to an aromatic ring is 1. The summed E-state index contributed by atoms with van der Waals surface area (Å²) in [4.78, 5) is 19.0. The molecule has 3 N–H and O–H groups in total. The first-order valence-electron chi connectivity index (χ1n) is 7.31. The van der Waals surface area contributed by atoms with Crippen LogP contribution < -0.4 is 20.8 Å². The zero-order valence-corrected chi connectivity index (χ0v) is 13.4. The fourth-order valence-electron chi connectivity index (χ4n) is 2.39. The largest absolute Gasteiger partial charge is 0.497 e. The average Bonchev–Trinajstić information content (AvgIpc) is 2.64. The predicted molar refractivity (Wildman–Crippen MR) is 93.2 cm³/mol. The first kappa shape index (κ1) is 15.6. The number of ether oxygens (including phenoxy) is 2. The van der Waals surface area contributed by atoms with Crippen molar-refractivity contribution >= 4 is 5.82 Å². The van der Waals surface area contributed by atoms with Crippen molar-refractivity contribution in [2.75, 3.05) is 20.0 Å². The summed E-state index contributed by atoms with van der Waals surface area (Å²) in [7, 11) is 3.21. The van der Waals surface area contributed by atoms with E-state index in [4.69, 9.17) is 15.2 Å². The van der Waals surface area contributed by atoms with E-state index in [2.05, 4.69) is 9.97 Å². The molecule has 0 saturated heterocycles. The Hall–Kier alpha value is -3.28. The average molecular weight is 323 g/mol. The van der Waals surface area contributed by atoms with Crippen molar-refractivity contribution in [3.63, 3.8) is 0 Å². The van der Waals surface area contributed by atoms with E-state index in [0.29, 0.717) is 11.4 Å². The summed E-state index contributed by atoms with van der Waals surface area (Å²) in [5.41, 5.74) is 8.12. The van der Waals surface area contributed by atoms with Crippen molar-refractivity contribution in [2.24, 2.45) is 0 Å². The van der Waals surface area contributed by atoms with Crippen LogP contribution in [0.5, 0.6) is 11.5 Å². The number of rotatable bonds is 4. The summed E-state index contributed by atoms with van der Waals surface area (Å²) in [5, 5.41) is 0. The highest BCUT2D eigenvalue weighted by atomic mass is 16.5. The maximum absolute atomic E-state index is 11.9. The van der Waals surface area contributed by atoms with Gasteiger partial charge in [-0.1, -0.05) is 0 Å². The van der Waals surface area contributed by atoms with Crippen LogP contribution in [-0.4, -0.2) is 24.2 Å². The number of anilines is 1. The lowest BCUT2D eigenvalue weighted by Crippen LogP contribution is -2.16. The lowest BCUT2D eigenvalue weighted by Gasteiger charge is -2.11. The molecule has 0 aliphatic carbocycles. The van der Waals surface area contributed by atoms with E-state index in [-0.39, 0.29) is 5.82 Å². The number of H-pyrrole nitrogens is 1. The molecule has 0 saturated carbocycles. The smallest absolute Gasteiger partial charge is 0.290 e. The molecule has 3 aromatic rings. The van der Waals surface area contributed by atoms with E-state index in [1.54, 1.807) is 14.2 Å². The Morgan fingerprint density at radius 2 is 1.38 bits per heavy atom. The van der Waals surface area contributed by atoms with E-state index < -0.39 is 5.56 Å². The van der Waals surface area contributed by atoms with Gasteiger partial charge in [0, 0.05) is 11.1 Å². The van der Waals surface area contributed by atoms with Crippen LogP contribution in [0.25, 0.3) is 22.5 Å². The number of aromatic amines is 1. The van der Waals surface area contributed by atoms with Crippen LogP contribution >= 0.6 is 0 Å². The highest BCUT2D eigenvalue weighted by Gasteiger charge is 2.13. The van der Waals surface area contributed by atoms with Gasteiger partial charge in [0.25, 0.3) is 5.56 Å². The Morgan fingerprint density at radius 1 is 0.875 bits per heavy atom. The van der Waals surface area contributed by atoms with Gasteiger partial charge in [-0.3, -0.25) is 4.79 Å². The zero-order valence-electron chi connectivity index (χ0n) is 13.4. The van der Waals surface area contributed by atoms with Crippen LogP contribution in [0.2, 0.25) is 0 Å². The molecule has 24 heavy (non-hydrogen) atoms. The molecule has 6 nitrogen and oxygen atoms in total. The number of hydrogen-bond acceptors (Lipinski definition) is 5. The Bertz CT molecular complexity index is 900. The Labute approximate surface area is 138 Å². The third kappa shape index (κ3) is 2.94. The van der Waals surface area contributed by atoms with Crippen molar-refractivity contribution in [1.29, 1.82) is 0 Å². The monoisotopic (exact) mass is 323 g/mol. The summed E-state index contributed by atoms with van der Waals surface area (Å²) < 4.78 is 10.3. The van der Waals surface area contributed by atoms with Gasteiger partial charge < -0.3 is 20.2 Å². The molecular weight excluding hydrogens is 306 g/mol. The van der Waals surface area contributed by atoms with Gasteiger partial charge in [-0.05, 0) is 48.5 Å². The number of nitrogens with zero attached hydrogens (tertiary/aromatic N) is 1. The zero-order chi connectivity index (χ0) is 17.1. The Morgan fingerprint density at radius 3 is 1.88 bits per heavy atom. The molecule has 0 unspecified atom stereocenters. The maximum atomic E-state index is 11.9. The molecule has 6 heteroatoms. The molecule has 0 amide bonds. The summed E-state index contributed by atoms with van der Waals surface area (Å²) in [6.45, 7) is 0. The van der Waals surface area contributed by atoms with Crippen molar-refractivity contribution in [1.82, 2.24) is 9.97 Å². The van der Waals surface area contributed by atoms with E-state index in [9.17, 15) is 4.79 Å². The number of benzene rings is 2. The number of aromatic nitrogens is 2. The molecule has 3 rings (SSSR count). The summed E-state index contributed by atoms with van der Waals surface area (Å²) in [5.74, 6) is 1.40. The van der Waals surface area contributed by atoms with Crippen LogP contribution in [0.15, 0.2) is 53.3 Å². The summed E-state index contributed by atoms with van der Waals surface area (Å²) >= 11 is 0. The van der Waals surface area contributed by atoms with E-state index in [0.717, 1.165) is 22.6 Å². The van der Waals surface area contributed by atoms with Crippen LogP contribution in [0.3, 0.4) is 0 Å². The van der Waals surface area contributed by atoms with Crippen LogP contribution in [0, 0.1) is 0 Å². The van der Waals surface area contributed by atoms with Crippen molar-refractivity contribution in [3.8, 4) is 34.0 Å². The van der Waals surface area contributed by atoms with Crippen molar-refractivity contribution < 1.29 is 9.47 Å². The third-order valence-electron chi connectivity index (χ3n) is 3.68. The molecule has 0 bridgehead atoms. The highest BCUT2D eigenvalue weighted by Crippen LogP contribution is 2.30.